The van der Waals surface area contributed by atoms with Gasteiger partial charge in [-0.1, -0.05) is 0 Å². The van der Waals surface area contributed by atoms with Crippen LogP contribution in [-0.2, 0) is 11.5 Å². The smallest absolute Gasteiger partial charge is 0.337 e. The van der Waals surface area contributed by atoms with E-state index in [0.717, 1.165) is 6.04 Å². The number of carboxylic acids is 1. The molecule has 0 bridgehead atoms. The second-order valence-corrected chi connectivity index (χ2v) is 11.6. The summed E-state index contributed by atoms with van der Waals surface area (Å²) in [6, 6.07) is 2.67. The topological polar surface area (TPSA) is 77.2 Å². The third kappa shape index (κ3) is 3.64. The molecule has 0 aliphatic carbocycles. The number of pyridine rings is 1. The van der Waals surface area contributed by atoms with Crippen molar-refractivity contribution in [2.24, 2.45) is 0 Å². The van der Waals surface area contributed by atoms with E-state index in [1.165, 1.54) is 6.20 Å². The third-order valence-corrected chi connectivity index (χ3v) is 4.64. The van der Waals surface area contributed by atoms with Crippen molar-refractivity contribution in [3.8, 4) is 0 Å². The fourth-order valence-electron chi connectivity index (χ4n) is 1.71. The fraction of sp³-hybridized carbons (Fsp3) is 0.462. The highest BCUT2D eigenvalue weighted by molar-refractivity contribution is 6.76. The van der Waals surface area contributed by atoms with E-state index in [2.05, 4.69) is 29.7 Å². The number of hydrogen-bond donors (Lipinski definition) is 1. The Hall–Kier alpha value is -1.73. The van der Waals surface area contributed by atoms with Gasteiger partial charge in [0.05, 0.1) is 11.8 Å². The Morgan fingerprint density at radius 1 is 1.40 bits per heavy atom. The van der Waals surface area contributed by atoms with E-state index in [4.69, 9.17) is 9.84 Å². The SMILES string of the molecule is C[Si-](C)(C)CCOCn1ncc2cc(C(=O)O)cnc21. The van der Waals surface area contributed by atoms with Crippen LogP contribution in [0.1, 0.15) is 10.4 Å². The molecule has 0 atom stereocenters. The maximum absolute atomic E-state index is 10.9. The minimum Gasteiger partial charge on any atom is -0.478 e. The van der Waals surface area contributed by atoms with Crippen LogP contribution in [0, 0.1) is 0 Å². The van der Waals surface area contributed by atoms with E-state index in [9.17, 15) is 4.79 Å². The van der Waals surface area contributed by atoms with E-state index >= 15 is 0 Å². The van der Waals surface area contributed by atoms with E-state index in [0.29, 0.717) is 24.4 Å². The van der Waals surface area contributed by atoms with Crippen LogP contribution in [0.25, 0.3) is 11.0 Å². The molecule has 20 heavy (non-hydrogen) atoms. The molecule has 0 spiro atoms. The molecule has 2 rings (SSSR count). The first-order valence-electron chi connectivity index (χ1n) is 6.49. The summed E-state index contributed by atoms with van der Waals surface area (Å²) in [5, 5.41) is 13.8. The molecule has 0 saturated carbocycles. The summed E-state index contributed by atoms with van der Waals surface area (Å²) in [7, 11) is -1.09. The van der Waals surface area contributed by atoms with Crippen molar-refractivity contribution in [3.63, 3.8) is 0 Å². The number of fused-ring (bicyclic) bond motifs is 1. The number of aromatic nitrogens is 3. The van der Waals surface area contributed by atoms with Crippen LogP contribution in [0.4, 0.5) is 0 Å². The standard InChI is InChI=1S/C13H19N3O3Si/c1-20(2,3)5-4-19-9-16-12-10(8-15-16)6-11(7-14-12)13(17)18/h6-8H,4-5,9H2,1-3H3,(H,17,18)/q-1. The number of carbonyl (C=O) groups is 1. The van der Waals surface area contributed by atoms with Crippen LogP contribution in [0.3, 0.4) is 0 Å². The summed E-state index contributed by atoms with van der Waals surface area (Å²) in [5.74, 6) is -0.987. The van der Waals surface area contributed by atoms with Gasteiger partial charge in [0.15, 0.2) is 5.65 Å². The van der Waals surface area contributed by atoms with Gasteiger partial charge in [-0.2, -0.15) is 24.7 Å². The Kier molecular flexibility index (Phi) is 4.19. The molecule has 0 radical (unpaired) electrons. The molecule has 1 N–H and O–H groups in total. The van der Waals surface area contributed by atoms with Gasteiger partial charge in [0.25, 0.3) is 0 Å². The van der Waals surface area contributed by atoms with E-state index in [1.807, 2.05) is 0 Å². The minimum atomic E-state index is -1.09. The van der Waals surface area contributed by atoms with Crippen LogP contribution < -0.4 is 0 Å². The molecule has 0 aromatic carbocycles. The largest absolute Gasteiger partial charge is 0.478 e. The minimum absolute atomic E-state index is 0.164. The molecule has 0 unspecified atom stereocenters. The molecular formula is C13H19N3O3Si-. The van der Waals surface area contributed by atoms with Gasteiger partial charge in [-0.05, 0) is 6.07 Å². The molecule has 2 heterocycles. The van der Waals surface area contributed by atoms with Gasteiger partial charge < -0.3 is 9.84 Å². The number of ether oxygens (including phenoxy) is 1. The Bertz CT molecular complexity index is 619. The van der Waals surface area contributed by atoms with Crippen molar-refractivity contribution in [2.75, 3.05) is 6.61 Å². The Balaban J connectivity index is 2.03. The normalized spacial score (nSPS) is 11.9. The quantitative estimate of drug-likeness (QED) is 0.654. The van der Waals surface area contributed by atoms with Crippen LogP contribution in [0.15, 0.2) is 18.5 Å². The van der Waals surface area contributed by atoms with Crippen molar-refractivity contribution in [3.05, 3.63) is 24.0 Å². The van der Waals surface area contributed by atoms with E-state index < -0.39 is 14.0 Å². The van der Waals surface area contributed by atoms with Gasteiger partial charge in [0.1, 0.15) is 6.73 Å². The van der Waals surface area contributed by atoms with Gasteiger partial charge in [0, 0.05) is 18.2 Å². The second-order valence-electron chi connectivity index (χ2n) is 5.93. The zero-order chi connectivity index (χ0) is 14.8. The molecule has 0 fully saturated rings. The van der Waals surface area contributed by atoms with Gasteiger partial charge in [-0.15, -0.1) is 14.1 Å². The lowest BCUT2D eigenvalue weighted by Crippen LogP contribution is -2.22. The van der Waals surface area contributed by atoms with E-state index in [-0.39, 0.29) is 5.56 Å². The first-order valence-corrected chi connectivity index (χ1v) is 10.2. The monoisotopic (exact) mass is 293 g/mol. The van der Waals surface area contributed by atoms with Crippen molar-refractivity contribution in [1.82, 2.24) is 14.8 Å². The average molecular weight is 293 g/mol. The number of nitrogens with zero attached hydrogens (tertiary/aromatic N) is 3. The van der Waals surface area contributed by atoms with Crippen LogP contribution in [0.2, 0.25) is 25.7 Å². The lowest BCUT2D eigenvalue weighted by molar-refractivity contribution is 0.0696. The van der Waals surface area contributed by atoms with Gasteiger partial charge in [-0.25, -0.2) is 14.5 Å². The van der Waals surface area contributed by atoms with Crippen LogP contribution >= 0.6 is 0 Å². The predicted molar refractivity (Wildman–Crippen MR) is 78.6 cm³/mol. The molecule has 0 amide bonds. The van der Waals surface area contributed by atoms with Crippen molar-refractivity contribution >= 4 is 25.1 Å². The van der Waals surface area contributed by atoms with Crippen molar-refractivity contribution in [2.45, 2.75) is 32.4 Å². The summed E-state index contributed by atoms with van der Waals surface area (Å²) in [5.41, 5.74) is 0.805. The first-order chi connectivity index (χ1) is 9.37. The molecule has 0 saturated heterocycles. The summed E-state index contributed by atoms with van der Waals surface area (Å²) >= 11 is 0. The van der Waals surface area contributed by atoms with Crippen molar-refractivity contribution < 1.29 is 14.6 Å². The predicted octanol–water partition coefficient (Wildman–Crippen LogP) is 2.44. The Morgan fingerprint density at radius 2 is 2.15 bits per heavy atom. The summed E-state index contributed by atoms with van der Waals surface area (Å²) in [6.45, 7) is 7.95. The number of rotatable bonds is 6. The van der Waals surface area contributed by atoms with Gasteiger partial charge >= 0.3 is 5.97 Å². The number of aromatic carboxylic acids is 1. The second kappa shape index (κ2) is 5.72. The number of hydrogen-bond acceptors (Lipinski definition) is 4. The van der Waals surface area contributed by atoms with Gasteiger partial charge in [0.2, 0.25) is 0 Å². The molecular weight excluding hydrogens is 274 g/mol. The zero-order valence-corrected chi connectivity index (χ0v) is 13.0. The lowest BCUT2D eigenvalue weighted by atomic mass is 10.2. The fourth-order valence-corrected chi connectivity index (χ4v) is 2.47. The van der Waals surface area contributed by atoms with Crippen LogP contribution in [0.5, 0.6) is 0 Å². The average Bonchev–Trinajstić information content (AvgIpc) is 2.76. The highest BCUT2D eigenvalue weighted by atomic mass is 28.3. The molecule has 2 aromatic rings. The summed E-state index contributed by atoms with van der Waals surface area (Å²) in [6.07, 6.45) is 2.95. The highest BCUT2D eigenvalue weighted by Crippen LogP contribution is 2.13. The first kappa shape index (κ1) is 14.7. The molecule has 109 valence electrons. The Labute approximate surface area is 118 Å². The lowest BCUT2D eigenvalue weighted by Gasteiger charge is -2.26. The molecule has 0 aliphatic rings. The maximum atomic E-state index is 10.9. The summed E-state index contributed by atoms with van der Waals surface area (Å²) < 4.78 is 7.26. The molecule has 6 nitrogen and oxygen atoms in total. The Morgan fingerprint density at radius 3 is 2.80 bits per heavy atom. The molecule has 2 aromatic heterocycles. The van der Waals surface area contributed by atoms with E-state index in [1.54, 1.807) is 16.9 Å². The van der Waals surface area contributed by atoms with Gasteiger partial charge in [-0.3, -0.25) is 0 Å². The van der Waals surface area contributed by atoms with Crippen molar-refractivity contribution in [1.29, 1.82) is 0 Å². The highest BCUT2D eigenvalue weighted by Gasteiger charge is 2.09. The van der Waals surface area contributed by atoms with Crippen LogP contribution in [-0.4, -0.2) is 40.5 Å². The third-order valence-electron chi connectivity index (χ3n) is 2.93. The zero-order valence-electron chi connectivity index (χ0n) is 12.0. The maximum Gasteiger partial charge on any atom is 0.337 e. The summed E-state index contributed by atoms with van der Waals surface area (Å²) in [4.78, 5) is 15.0. The molecule has 7 heteroatoms. The number of carboxylic acid groups (broad SMARTS) is 1. The molecule has 0 aliphatic heterocycles.